The second-order valence-electron chi connectivity index (χ2n) is 6.69. The van der Waals surface area contributed by atoms with Crippen LogP contribution < -0.4 is 0 Å². The molecule has 0 aromatic rings. The highest BCUT2D eigenvalue weighted by Gasteiger charge is 2.66. The standard InChI is InChI=1S/C17H26O7/c1-6-15(4)10-21-14(19)17(15,24-11-20-5)13(18)9-16(12(2)3)22-7-8-23-16/h6,12H,1,7-11H2,2-5H3/t15-,17-/m0/s1. The number of carbonyl (C=O) groups is 2. The molecule has 2 aliphatic heterocycles. The average Bonchev–Trinajstić information content (AvgIpc) is 3.12. The molecule has 0 amide bonds. The van der Waals surface area contributed by atoms with Crippen LogP contribution >= 0.6 is 0 Å². The van der Waals surface area contributed by atoms with Crippen LogP contribution in [0.15, 0.2) is 12.7 Å². The Bertz CT molecular complexity index is 509. The van der Waals surface area contributed by atoms with E-state index in [-0.39, 0.29) is 25.7 Å². The second-order valence-corrected chi connectivity index (χ2v) is 6.69. The molecule has 136 valence electrons. The van der Waals surface area contributed by atoms with Gasteiger partial charge >= 0.3 is 5.97 Å². The number of esters is 1. The number of rotatable bonds is 8. The number of hydrogen-bond acceptors (Lipinski definition) is 7. The lowest BCUT2D eigenvalue weighted by Gasteiger charge is -2.38. The molecule has 7 heteroatoms. The largest absolute Gasteiger partial charge is 0.462 e. The molecule has 0 spiro atoms. The van der Waals surface area contributed by atoms with Gasteiger partial charge in [0.15, 0.2) is 11.6 Å². The SMILES string of the molecule is C=C[C@@]1(C)COC(=O)[C@@]1(OCOC)C(=O)CC1(C(C)C)OCCO1. The Morgan fingerprint density at radius 2 is 2.00 bits per heavy atom. The first-order valence-corrected chi connectivity index (χ1v) is 8.03. The van der Waals surface area contributed by atoms with E-state index in [9.17, 15) is 9.59 Å². The fourth-order valence-corrected chi connectivity index (χ4v) is 3.20. The minimum Gasteiger partial charge on any atom is -0.462 e. The first kappa shape index (κ1) is 19.1. The van der Waals surface area contributed by atoms with Crippen LogP contribution in [0.4, 0.5) is 0 Å². The van der Waals surface area contributed by atoms with E-state index in [1.54, 1.807) is 6.92 Å². The lowest BCUT2D eigenvalue weighted by Crippen LogP contribution is -2.58. The maximum Gasteiger partial charge on any atom is 0.347 e. The van der Waals surface area contributed by atoms with E-state index in [1.165, 1.54) is 13.2 Å². The van der Waals surface area contributed by atoms with Gasteiger partial charge in [0, 0.05) is 13.0 Å². The summed E-state index contributed by atoms with van der Waals surface area (Å²) in [6, 6.07) is 0. The minimum atomic E-state index is -1.82. The molecule has 0 unspecified atom stereocenters. The second kappa shape index (κ2) is 6.92. The lowest BCUT2D eigenvalue weighted by atomic mass is 9.71. The van der Waals surface area contributed by atoms with Crippen LogP contribution in [-0.4, -0.2) is 56.9 Å². The van der Waals surface area contributed by atoms with Crippen molar-refractivity contribution in [2.45, 2.75) is 38.6 Å². The van der Waals surface area contributed by atoms with Crippen LogP contribution in [0, 0.1) is 11.3 Å². The molecular formula is C17H26O7. The Hall–Kier alpha value is -1.28. The number of ether oxygens (including phenoxy) is 5. The highest BCUT2D eigenvalue weighted by atomic mass is 16.7. The summed E-state index contributed by atoms with van der Waals surface area (Å²) in [5, 5.41) is 0. The van der Waals surface area contributed by atoms with Gasteiger partial charge in [-0.15, -0.1) is 6.58 Å². The number of Topliss-reactive ketones (excluding diaryl/α,β-unsaturated/α-hetero) is 1. The summed E-state index contributed by atoms with van der Waals surface area (Å²) < 4.78 is 27.1. The third kappa shape index (κ3) is 2.79. The normalized spacial score (nSPS) is 32.1. The highest BCUT2D eigenvalue weighted by molar-refractivity contribution is 6.10. The zero-order chi connectivity index (χ0) is 18.0. The van der Waals surface area contributed by atoms with E-state index >= 15 is 0 Å². The molecule has 0 aliphatic carbocycles. The van der Waals surface area contributed by atoms with Crippen molar-refractivity contribution in [1.82, 2.24) is 0 Å². The summed E-state index contributed by atoms with van der Waals surface area (Å²) in [6.45, 7) is 9.86. The molecule has 0 aromatic carbocycles. The maximum absolute atomic E-state index is 13.2. The predicted octanol–water partition coefficient (Wildman–Crippen LogP) is 1.45. The molecule has 24 heavy (non-hydrogen) atoms. The molecule has 0 bridgehead atoms. The number of ketones is 1. The van der Waals surface area contributed by atoms with E-state index in [2.05, 4.69) is 6.58 Å². The van der Waals surface area contributed by atoms with Gasteiger partial charge in [0.1, 0.15) is 13.4 Å². The van der Waals surface area contributed by atoms with Crippen LogP contribution in [0.3, 0.4) is 0 Å². The molecule has 2 fully saturated rings. The smallest absolute Gasteiger partial charge is 0.347 e. The molecule has 0 aromatic heterocycles. The lowest BCUT2D eigenvalue weighted by molar-refractivity contribution is -0.211. The van der Waals surface area contributed by atoms with Gasteiger partial charge in [-0.25, -0.2) is 4.79 Å². The number of methoxy groups -OCH3 is 1. The van der Waals surface area contributed by atoms with E-state index in [1.807, 2.05) is 13.8 Å². The fourth-order valence-electron chi connectivity index (χ4n) is 3.20. The molecule has 0 saturated carbocycles. The van der Waals surface area contributed by atoms with Crippen molar-refractivity contribution in [1.29, 1.82) is 0 Å². The van der Waals surface area contributed by atoms with Gasteiger partial charge in [-0.2, -0.15) is 0 Å². The molecule has 2 saturated heterocycles. The summed E-state index contributed by atoms with van der Waals surface area (Å²) >= 11 is 0. The van der Waals surface area contributed by atoms with Crippen molar-refractivity contribution in [2.24, 2.45) is 11.3 Å². The molecule has 0 radical (unpaired) electrons. The Kier molecular flexibility index (Phi) is 5.49. The summed E-state index contributed by atoms with van der Waals surface area (Å²) in [6.07, 6.45) is 1.40. The Morgan fingerprint density at radius 3 is 2.50 bits per heavy atom. The highest BCUT2D eigenvalue weighted by Crippen LogP contribution is 2.46. The van der Waals surface area contributed by atoms with Gasteiger partial charge in [-0.3, -0.25) is 4.79 Å². The van der Waals surface area contributed by atoms with Crippen LogP contribution in [0.5, 0.6) is 0 Å². The van der Waals surface area contributed by atoms with E-state index in [0.29, 0.717) is 13.2 Å². The van der Waals surface area contributed by atoms with E-state index in [0.717, 1.165) is 0 Å². The maximum atomic E-state index is 13.2. The van der Waals surface area contributed by atoms with Crippen molar-refractivity contribution < 1.29 is 33.3 Å². The van der Waals surface area contributed by atoms with Gasteiger partial charge in [0.2, 0.25) is 5.60 Å². The Labute approximate surface area is 142 Å². The van der Waals surface area contributed by atoms with Gasteiger partial charge < -0.3 is 23.7 Å². The van der Waals surface area contributed by atoms with E-state index < -0.39 is 28.6 Å². The van der Waals surface area contributed by atoms with Gasteiger partial charge in [0.05, 0.1) is 25.0 Å². The summed E-state index contributed by atoms with van der Waals surface area (Å²) in [4.78, 5) is 25.7. The van der Waals surface area contributed by atoms with Crippen LogP contribution in [0.1, 0.15) is 27.2 Å². The minimum absolute atomic E-state index is 0.0151. The third-order valence-electron chi connectivity index (χ3n) is 4.89. The van der Waals surface area contributed by atoms with Gasteiger partial charge in [-0.1, -0.05) is 19.9 Å². The van der Waals surface area contributed by atoms with Crippen molar-refractivity contribution >= 4 is 11.8 Å². The summed E-state index contributed by atoms with van der Waals surface area (Å²) in [7, 11) is 1.42. The molecule has 2 rings (SSSR count). The van der Waals surface area contributed by atoms with Crippen LogP contribution in [0.25, 0.3) is 0 Å². The Balaban J connectivity index is 2.39. The quantitative estimate of drug-likeness (QED) is 0.286. The van der Waals surface area contributed by atoms with Crippen molar-refractivity contribution in [3.8, 4) is 0 Å². The first-order chi connectivity index (χ1) is 11.3. The van der Waals surface area contributed by atoms with E-state index in [4.69, 9.17) is 23.7 Å². The molecule has 7 nitrogen and oxygen atoms in total. The predicted molar refractivity (Wildman–Crippen MR) is 84.1 cm³/mol. The number of hydrogen-bond donors (Lipinski definition) is 0. The third-order valence-corrected chi connectivity index (χ3v) is 4.89. The molecular weight excluding hydrogens is 316 g/mol. The zero-order valence-corrected chi connectivity index (χ0v) is 14.8. The number of cyclic esters (lactones) is 1. The zero-order valence-electron chi connectivity index (χ0n) is 14.8. The topological polar surface area (TPSA) is 80.3 Å². The monoisotopic (exact) mass is 342 g/mol. The van der Waals surface area contributed by atoms with Gasteiger partial charge in [-0.05, 0) is 6.92 Å². The van der Waals surface area contributed by atoms with Crippen LogP contribution in [0.2, 0.25) is 0 Å². The van der Waals surface area contributed by atoms with Crippen LogP contribution in [-0.2, 0) is 33.3 Å². The summed E-state index contributed by atoms with van der Waals surface area (Å²) in [5.41, 5.74) is -2.82. The number of carbonyl (C=O) groups excluding carboxylic acids is 2. The fraction of sp³-hybridized carbons (Fsp3) is 0.765. The van der Waals surface area contributed by atoms with Crippen molar-refractivity contribution in [3.63, 3.8) is 0 Å². The van der Waals surface area contributed by atoms with Crippen molar-refractivity contribution in [2.75, 3.05) is 33.7 Å². The molecule has 0 N–H and O–H groups in total. The first-order valence-electron chi connectivity index (χ1n) is 8.03. The molecule has 2 heterocycles. The molecule has 2 atom stereocenters. The molecule has 2 aliphatic rings. The average molecular weight is 342 g/mol. The Morgan fingerprint density at radius 1 is 1.38 bits per heavy atom. The summed E-state index contributed by atoms with van der Waals surface area (Å²) in [5.74, 6) is -2.33. The van der Waals surface area contributed by atoms with Crippen molar-refractivity contribution in [3.05, 3.63) is 12.7 Å². The van der Waals surface area contributed by atoms with Gasteiger partial charge in [0.25, 0.3) is 0 Å².